The van der Waals surface area contributed by atoms with Crippen molar-refractivity contribution in [1.29, 1.82) is 0 Å². The van der Waals surface area contributed by atoms with Crippen molar-refractivity contribution in [2.45, 2.75) is 12.8 Å². The van der Waals surface area contributed by atoms with Gasteiger partial charge in [-0.1, -0.05) is 6.08 Å². The molecular weight excluding hydrogens is 170 g/mol. The van der Waals surface area contributed by atoms with Crippen LogP contribution in [-0.4, -0.2) is 30.8 Å². The summed E-state index contributed by atoms with van der Waals surface area (Å²) in [6.07, 6.45) is 2.44. The summed E-state index contributed by atoms with van der Waals surface area (Å²) >= 11 is 0. The number of nitrogens with two attached hydrogens (primary N) is 1. The zero-order valence-electron chi connectivity index (χ0n) is 7.74. The van der Waals surface area contributed by atoms with E-state index >= 15 is 0 Å². The third-order valence-electron chi connectivity index (χ3n) is 1.63. The van der Waals surface area contributed by atoms with Gasteiger partial charge in [0.05, 0.1) is 19.6 Å². The summed E-state index contributed by atoms with van der Waals surface area (Å²) < 4.78 is 5.16. The highest BCUT2D eigenvalue weighted by atomic mass is 16.5. The molecule has 0 radical (unpaired) electrons. The highest BCUT2D eigenvalue weighted by Crippen LogP contribution is 2.08. The van der Waals surface area contributed by atoms with E-state index in [9.17, 15) is 4.79 Å². The molecule has 0 spiro atoms. The van der Waals surface area contributed by atoms with Crippen LogP contribution in [0.15, 0.2) is 12.7 Å². The Balaban J connectivity index is 3.65. The van der Waals surface area contributed by atoms with Gasteiger partial charge in [0.2, 0.25) is 0 Å². The van der Waals surface area contributed by atoms with Crippen LogP contribution in [0.25, 0.3) is 0 Å². The third-order valence-corrected chi connectivity index (χ3v) is 1.63. The minimum absolute atomic E-state index is 0.0162. The zero-order chi connectivity index (χ0) is 10.1. The highest BCUT2D eigenvalue weighted by molar-refractivity contribution is 5.67. The van der Waals surface area contributed by atoms with Gasteiger partial charge in [0.15, 0.2) is 0 Å². The monoisotopic (exact) mass is 187 g/mol. The first-order valence-electron chi connectivity index (χ1n) is 4.31. The number of ether oxygens (including phenoxy) is 1. The summed E-state index contributed by atoms with van der Waals surface area (Å²) in [7, 11) is 0. The highest BCUT2D eigenvalue weighted by Gasteiger charge is 2.11. The SMILES string of the molecule is C=CCOC[C@@H](CCN)CC(=O)O. The van der Waals surface area contributed by atoms with Crippen molar-refractivity contribution in [3.05, 3.63) is 12.7 Å². The maximum atomic E-state index is 10.4. The molecule has 0 aromatic heterocycles. The van der Waals surface area contributed by atoms with Crippen molar-refractivity contribution in [3.8, 4) is 0 Å². The Bertz CT molecular complexity index is 159. The molecule has 0 aromatic rings. The van der Waals surface area contributed by atoms with Crippen LogP contribution in [0.2, 0.25) is 0 Å². The number of hydrogen-bond acceptors (Lipinski definition) is 3. The van der Waals surface area contributed by atoms with Gasteiger partial charge in [-0.25, -0.2) is 0 Å². The van der Waals surface area contributed by atoms with E-state index in [1.165, 1.54) is 0 Å². The number of carboxylic acid groups (broad SMARTS) is 1. The zero-order valence-corrected chi connectivity index (χ0v) is 7.74. The fraction of sp³-hybridized carbons (Fsp3) is 0.667. The minimum atomic E-state index is -0.805. The van der Waals surface area contributed by atoms with Crippen LogP contribution in [0, 0.1) is 5.92 Å². The van der Waals surface area contributed by atoms with Gasteiger partial charge in [-0.3, -0.25) is 4.79 Å². The Morgan fingerprint density at radius 1 is 1.69 bits per heavy atom. The lowest BCUT2D eigenvalue weighted by Gasteiger charge is -2.12. The maximum absolute atomic E-state index is 10.4. The van der Waals surface area contributed by atoms with E-state index in [-0.39, 0.29) is 12.3 Å². The van der Waals surface area contributed by atoms with Crippen LogP contribution in [0.5, 0.6) is 0 Å². The van der Waals surface area contributed by atoms with Crippen molar-refractivity contribution in [2.75, 3.05) is 19.8 Å². The smallest absolute Gasteiger partial charge is 0.303 e. The van der Waals surface area contributed by atoms with E-state index in [1.54, 1.807) is 6.08 Å². The van der Waals surface area contributed by atoms with E-state index in [4.69, 9.17) is 15.6 Å². The molecule has 3 N–H and O–H groups in total. The Morgan fingerprint density at radius 3 is 2.85 bits per heavy atom. The quantitative estimate of drug-likeness (QED) is 0.432. The number of rotatable bonds is 8. The van der Waals surface area contributed by atoms with Crippen molar-refractivity contribution < 1.29 is 14.6 Å². The van der Waals surface area contributed by atoms with Gasteiger partial charge in [-0.05, 0) is 18.9 Å². The van der Waals surface area contributed by atoms with Crippen LogP contribution in [0.3, 0.4) is 0 Å². The first-order valence-corrected chi connectivity index (χ1v) is 4.31. The molecule has 0 fully saturated rings. The second-order valence-electron chi connectivity index (χ2n) is 2.87. The normalized spacial score (nSPS) is 12.4. The first kappa shape index (κ1) is 12.1. The van der Waals surface area contributed by atoms with Crippen LogP contribution in [0.1, 0.15) is 12.8 Å². The molecule has 4 nitrogen and oxygen atoms in total. The second kappa shape index (κ2) is 7.76. The van der Waals surface area contributed by atoms with E-state index in [1.807, 2.05) is 0 Å². The Hall–Kier alpha value is -0.870. The lowest BCUT2D eigenvalue weighted by Crippen LogP contribution is -2.18. The molecule has 0 unspecified atom stereocenters. The van der Waals surface area contributed by atoms with E-state index < -0.39 is 5.97 Å². The van der Waals surface area contributed by atoms with Crippen molar-refractivity contribution in [1.82, 2.24) is 0 Å². The number of carboxylic acids is 1. The summed E-state index contributed by atoms with van der Waals surface area (Å²) in [5, 5.41) is 8.55. The molecule has 0 saturated carbocycles. The van der Waals surface area contributed by atoms with Gasteiger partial charge in [0.1, 0.15) is 0 Å². The summed E-state index contributed by atoms with van der Waals surface area (Å²) in [5.74, 6) is -0.789. The molecule has 1 atom stereocenters. The van der Waals surface area contributed by atoms with Crippen molar-refractivity contribution >= 4 is 5.97 Å². The molecule has 0 heterocycles. The summed E-state index contributed by atoms with van der Waals surface area (Å²) in [4.78, 5) is 10.4. The molecule has 0 bridgehead atoms. The number of aliphatic carboxylic acids is 1. The molecule has 13 heavy (non-hydrogen) atoms. The van der Waals surface area contributed by atoms with Crippen LogP contribution in [-0.2, 0) is 9.53 Å². The van der Waals surface area contributed by atoms with Crippen LogP contribution < -0.4 is 5.73 Å². The standard InChI is InChI=1S/C9H17NO3/c1-2-5-13-7-8(3-4-10)6-9(11)12/h2,8H,1,3-7,10H2,(H,11,12)/t8-/m0/s1. The predicted octanol–water partition coefficient (Wildman–Crippen LogP) is 0.629. The van der Waals surface area contributed by atoms with Crippen molar-refractivity contribution in [3.63, 3.8) is 0 Å². The van der Waals surface area contributed by atoms with Gasteiger partial charge in [-0.2, -0.15) is 0 Å². The van der Waals surface area contributed by atoms with E-state index in [0.717, 1.165) is 0 Å². The molecule has 0 aliphatic rings. The van der Waals surface area contributed by atoms with Crippen LogP contribution in [0.4, 0.5) is 0 Å². The van der Waals surface area contributed by atoms with E-state index in [2.05, 4.69) is 6.58 Å². The lowest BCUT2D eigenvalue weighted by atomic mass is 10.0. The molecule has 0 saturated heterocycles. The first-order chi connectivity index (χ1) is 6.20. The fourth-order valence-corrected chi connectivity index (χ4v) is 1.05. The number of carbonyl (C=O) groups is 1. The molecule has 76 valence electrons. The fourth-order valence-electron chi connectivity index (χ4n) is 1.05. The molecule has 0 aromatic carbocycles. The van der Waals surface area contributed by atoms with Crippen LogP contribution >= 0.6 is 0 Å². The third kappa shape index (κ3) is 7.49. The van der Waals surface area contributed by atoms with Gasteiger partial charge < -0.3 is 15.6 Å². The average Bonchev–Trinajstić information content (AvgIpc) is 2.04. The molecule has 0 amide bonds. The summed E-state index contributed by atoms with van der Waals surface area (Å²) in [5.41, 5.74) is 5.34. The number of hydrogen-bond donors (Lipinski definition) is 2. The van der Waals surface area contributed by atoms with Crippen molar-refractivity contribution in [2.24, 2.45) is 11.7 Å². The average molecular weight is 187 g/mol. The minimum Gasteiger partial charge on any atom is -0.481 e. The Labute approximate surface area is 78.4 Å². The van der Waals surface area contributed by atoms with E-state index in [0.29, 0.717) is 26.2 Å². The van der Waals surface area contributed by atoms with Gasteiger partial charge in [0, 0.05) is 0 Å². The largest absolute Gasteiger partial charge is 0.481 e. The molecule has 4 heteroatoms. The summed E-state index contributed by atoms with van der Waals surface area (Å²) in [6, 6.07) is 0. The lowest BCUT2D eigenvalue weighted by molar-refractivity contribution is -0.138. The Morgan fingerprint density at radius 2 is 2.38 bits per heavy atom. The molecule has 0 aliphatic carbocycles. The predicted molar refractivity (Wildman–Crippen MR) is 50.4 cm³/mol. The maximum Gasteiger partial charge on any atom is 0.303 e. The Kier molecular flexibility index (Phi) is 7.24. The second-order valence-corrected chi connectivity index (χ2v) is 2.87. The molecular formula is C9H17NO3. The topological polar surface area (TPSA) is 72.5 Å². The van der Waals surface area contributed by atoms with Gasteiger partial charge >= 0.3 is 5.97 Å². The molecule has 0 aliphatic heterocycles. The van der Waals surface area contributed by atoms with Gasteiger partial charge in [0.25, 0.3) is 0 Å². The summed E-state index contributed by atoms with van der Waals surface area (Å²) in [6.45, 7) is 4.89. The van der Waals surface area contributed by atoms with Gasteiger partial charge in [-0.15, -0.1) is 6.58 Å². The molecule has 0 rings (SSSR count).